The van der Waals surface area contributed by atoms with Crippen molar-refractivity contribution in [3.63, 3.8) is 0 Å². The Morgan fingerprint density at radius 1 is 0.920 bits per heavy atom. The SMILES string of the molecule is Cc1cc(C)cc(-c2nccc3cc(F)c4ccc(C#N)cc4c23)c1. The minimum atomic E-state index is -0.287. The molecule has 0 saturated carbocycles. The van der Waals surface area contributed by atoms with Crippen LogP contribution in [0.5, 0.6) is 0 Å². The first-order valence-electron chi connectivity index (χ1n) is 8.06. The van der Waals surface area contributed by atoms with E-state index >= 15 is 0 Å². The zero-order valence-corrected chi connectivity index (χ0v) is 14.0. The zero-order valence-electron chi connectivity index (χ0n) is 14.0. The van der Waals surface area contributed by atoms with Crippen molar-refractivity contribution in [1.29, 1.82) is 5.26 Å². The number of hydrogen-bond donors (Lipinski definition) is 0. The van der Waals surface area contributed by atoms with Gasteiger partial charge in [0.25, 0.3) is 0 Å². The highest BCUT2D eigenvalue weighted by Gasteiger charge is 2.13. The highest BCUT2D eigenvalue weighted by molar-refractivity contribution is 6.13. The normalized spacial score (nSPS) is 11.0. The minimum Gasteiger partial charge on any atom is -0.256 e. The van der Waals surface area contributed by atoms with Crippen LogP contribution in [0.25, 0.3) is 32.8 Å². The predicted octanol–water partition coefficient (Wildman–Crippen LogP) is 5.68. The van der Waals surface area contributed by atoms with E-state index in [2.05, 4.69) is 29.3 Å². The van der Waals surface area contributed by atoms with Gasteiger partial charge in [0.15, 0.2) is 0 Å². The molecule has 0 aliphatic rings. The van der Waals surface area contributed by atoms with E-state index in [4.69, 9.17) is 0 Å². The van der Waals surface area contributed by atoms with Crippen LogP contribution in [-0.4, -0.2) is 4.98 Å². The predicted molar refractivity (Wildman–Crippen MR) is 98.8 cm³/mol. The van der Waals surface area contributed by atoms with Crippen molar-refractivity contribution in [2.45, 2.75) is 13.8 Å². The molecule has 3 heteroatoms. The third-order valence-electron chi connectivity index (χ3n) is 4.44. The second-order valence-electron chi connectivity index (χ2n) is 6.36. The topological polar surface area (TPSA) is 36.7 Å². The van der Waals surface area contributed by atoms with Crippen molar-refractivity contribution in [1.82, 2.24) is 4.98 Å². The molecule has 25 heavy (non-hydrogen) atoms. The molecule has 0 amide bonds. The van der Waals surface area contributed by atoms with Crippen LogP contribution >= 0.6 is 0 Å². The quantitative estimate of drug-likeness (QED) is 0.422. The van der Waals surface area contributed by atoms with Gasteiger partial charge >= 0.3 is 0 Å². The summed E-state index contributed by atoms with van der Waals surface area (Å²) in [6.45, 7) is 4.10. The summed E-state index contributed by atoms with van der Waals surface area (Å²) < 4.78 is 14.5. The number of aromatic nitrogens is 1. The van der Waals surface area contributed by atoms with Gasteiger partial charge in [-0.15, -0.1) is 0 Å². The molecule has 0 atom stereocenters. The van der Waals surface area contributed by atoms with Crippen LogP contribution in [0.2, 0.25) is 0 Å². The molecule has 3 aromatic carbocycles. The van der Waals surface area contributed by atoms with Crippen LogP contribution in [0.4, 0.5) is 4.39 Å². The molecule has 4 rings (SSSR count). The number of halogens is 1. The van der Waals surface area contributed by atoms with Gasteiger partial charge in [-0.25, -0.2) is 4.39 Å². The number of benzene rings is 3. The molecule has 0 unspecified atom stereocenters. The zero-order chi connectivity index (χ0) is 17.6. The molecule has 1 aromatic heterocycles. The van der Waals surface area contributed by atoms with Crippen molar-refractivity contribution >= 4 is 21.5 Å². The molecule has 120 valence electrons. The van der Waals surface area contributed by atoms with Crippen molar-refractivity contribution < 1.29 is 4.39 Å². The molecule has 0 bridgehead atoms. The van der Waals surface area contributed by atoms with Crippen LogP contribution in [0.15, 0.2) is 54.7 Å². The van der Waals surface area contributed by atoms with Crippen molar-refractivity contribution in [3.8, 4) is 17.3 Å². The molecule has 4 aromatic rings. The Balaban J connectivity index is 2.19. The van der Waals surface area contributed by atoms with Gasteiger partial charge in [0.05, 0.1) is 17.3 Å². The van der Waals surface area contributed by atoms with Crippen LogP contribution in [0.3, 0.4) is 0 Å². The Morgan fingerprint density at radius 2 is 1.68 bits per heavy atom. The number of pyridine rings is 1. The van der Waals surface area contributed by atoms with E-state index in [1.54, 1.807) is 24.4 Å². The molecule has 0 aliphatic heterocycles. The van der Waals surface area contributed by atoms with Gasteiger partial charge in [-0.3, -0.25) is 4.98 Å². The summed E-state index contributed by atoms with van der Waals surface area (Å²) in [7, 11) is 0. The molecule has 2 nitrogen and oxygen atoms in total. The number of nitrogens with zero attached hydrogens (tertiary/aromatic N) is 2. The lowest BCUT2D eigenvalue weighted by molar-refractivity contribution is 0.641. The maximum absolute atomic E-state index is 14.5. The first kappa shape index (κ1) is 15.3. The molecule has 0 saturated heterocycles. The molecule has 1 heterocycles. The van der Waals surface area contributed by atoms with E-state index in [0.717, 1.165) is 38.5 Å². The smallest absolute Gasteiger partial charge is 0.131 e. The molecule has 0 fully saturated rings. The Kier molecular flexibility index (Phi) is 3.47. The average Bonchev–Trinajstić information content (AvgIpc) is 2.60. The second-order valence-corrected chi connectivity index (χ2v) is 6.36. The van der Waals surface area contributed by atoms with E-state index in [1.165, 1.54) is 6.07 Å². The summed E-state index contributed by atoms with van der Waals surface area (Å²) in [5.41, 5.74) is 4.62. The van der Waals surface area contributed by atoms with Crippen LogP contribution < -0.4 is 0 Å². The number of fused-ring (bicyclic) bond motifs is 3. The lowest BCUT2D eigenvalue weighted by Gasteiger charge is -2.12. The molecular formula is C22H15FN2. The molecule has 0 spiro atoms. The first-order valence-corrected chi connectivity index (χ1v) is 8.06. The lowest BCUT2D eigenvalue weighted by Crippen LogP contribution is -1.92. The van der Waals surface area contributed by atoms with Gasteiger partial charge < -0.3 is 0 Å². The summed E-state index contributed by atoms with van der Waals surface area (Å²) in [5, 5.41) is 12.1. The Labute approximate surface area is 145 Å². The van der Waals surface area contributed by atoms with E-state index in [-0.39, 0.29) is 5.82 Å². The highest BCUT2D eigenvalue weighted by Crippen LogP contribution is 2.35. The van der Waals surface area contributed by atoms with Crippen LogP contribution in [0.1, 0.15) is 16.7 Å². The third kappa shape index (κ3) is 2.53. The van der Waals surface area contributed by atoms with Gasteiger partial charge in [-0.1, -0.05) is 23.3 Å². The fourth-order valence-corrected chi connectivity index (χ4v) is 3.45. The average molecular weight is 326 g/mol. The van der Waals surface area contributed by atoms with Gasteiger partial charge in [-0.2, -0.15) is 5.26 Å². The summed E-state index contributed by atoms with van der Waals surface area (Å²) in [4.78, 5) is 4.59. The maximum atomic E-state index is 14.5. The van der Waals surface area contributed by atoms with Crippen molar-refractivity contribution in [2.24, 2.45) is 0 Å². The van der Waals surface area contributed by atoms with Crippen LogP contribution in [-0.2, 0) is 0 Å². The number of hydrogen-bond acceptors (Lipinski definition) is 2. The monoisotopic (exact) mass is 326 g/mol. The molecule has 0 N–H and O–H groups in total. The Bertz CT molecular complexity index is 1170. The summed E-state index contributed by atoms with van der Waals surface area (Å²) in [5.74, 6) is -0.287. The largest absolute Gasteiger partial charge is 0.256 e. The molecule has 0 aliphatic carbocycles. The number of aryl methyl sites for hydroxylation is 2. The lowest BCUT2D eigenvalue weighted by atomic mass is 9.95. The van der Waals surface area contributed by atoms with Crippen LogP contribution in [0, 0.1) is 31.0 Å². The fraction of sp³-hybridized carbons (Fsp3) is 0.0909. The molecule has 0 radical (unpaired) electrons. The van der Waals surface area contributed by atoms with E-state index in [9.17, 15) is 9.65 Å². The van der Waals surface area contributed by atoms with E-state index in [0.29, 0.717) is 10.9 Å². The minimum absolute atomic E-state index is 0.287. The van der Waals surface area contributed by atoms with Gasteiger partial charge in [0.1, 0.15) is 5.82 Å². The molecular weight excluding hydrogens is 311 g/mol. The van der Waals surface area contributed by atoms with Gasteiger partial charge in [-0.05, 0) is 61.0 Å². The Morgan fingerprint density at radius 3 is 2.40 bits per heavy atom. The van der Waals surface area contributed by atoms with Crippen molar-refractivity contribution in [3.05, 3.63) is 77.2 Å². The highest BCUT2D eigenvalue weighted by atomic mass is 19.1. The van der Waals surface area contributed by atoms with E-state index < -0.39 is 0 Å². The van der Waals surface area contributed by atoms with Gasteiger partial charge in [0.2, 0.25) is 0 Å². The van der Waals surface area contributed by atoms with E-state index in [1.807, 2.05) is 19.9 Å². The Hall–Kier alpha value is -3.25. The standard InChI is InChI=1S/C22H15FN2/c1-13-7-14(2)9-17(8-13)22-21-16(5-6-25-22)11-20(23)18-4-3-15(12-24)10-19(18)21/h3-11H,1-2H3. The third-order valence-corrected chi connectivity index (χ3v) is 4.44. The van der Waals surface area contributed by atoms with Gasteiger partial charge in [0, 0.05) is 22.5 Å². The maximum Gasteiger partial charge on any atom is 0.131 e. The summed E-state index contributed by atoms with van der Waals surface area (Å²) in [6.07, 6.45) is 1.70. The summed E-state index contributed by atoms with van der Waals surface area (Å²) >= 11 is 0. The number of nitriles is 1. The summed E-state index contributed by atoms with van der Waals surface area (Å²) in [6, 6.07) is 16.8. The second kappa shape index (κ2) is 5.68. The fourth-order valence-electron chi connectivity index (χ4n) is 3.45. The first-order chi connectivity index (χ1) is 12.1. The van der Waals surface area contributed by atoms with Crippen molar-refractivity contribution in [2.75, 3.05) is 0 Å². The number of rotatable bonds is 1.